The number of halogens is 2. The average molecular weight is 206 g/mol. The molecular weight excluding hydrogens is 194 g/mol. The molecule has 0 fully saturated rings. The van der Waals surface area contributed by atoms with E-state index in [2.05, 4.69) is 5.10 Å². The van der Waals surface area contributed by atoms with E-state index in [1.165, 1.54) is 18.0 Å². The fraction of sp³-hybridized carbons (Fsp3) is 0.571. The molecular formula is C7H12F2N4O. The molecule has 0 aliphatic heterocycles. The lowest BCUT2D eigenvalue weighted by molar-refractivity contribution is 0.0935. The van der Waals surface area contributed by atoms with Crippen molar-refractivity contribution in [2.75, 3.05) is 7.11 Å². The summed E-state index contributed by atoms with van der Waals surface area (Å²) in [5.41, 5.74) is 2.26. The van der Waals surface area contributed by atoms with E-state index in [1.807, 2.05) is 5.43 Å². The number of nitrogens with one attached hydrogen (secondary N) is 1. The quantitative estimate of drug-likeness (QED) is 0.545. The number of ether oxygens (including phenoxy) is 1. The maximum Gasteiger partial charge on any atom is 0.260 e. The number of aromatic nitrogens is 2. The highest BCUT2D eigenvalue weighted by Crippen LogP contribution is 2.27. The Bertz CT molecular complexity index is 302. The van der Waals surface area contributed by atoms with Crippen molar-refractivity contribution in [1.82, 2.24) is 15.2 Å². The van der Waals surface area contributed by atoms with E-state index in [9.17, 15) is 8.78 Å². The molecule has 80 valence electrons. The zero-order valence-electron chi connectivity index (χ0n) is 7.87. The Labute approximate surface area is 79.8 Å². The molecule has 0 bridgehead atoms. The molecule has 0 spiro atoms. The first-order chi connectivity index (χ1) is 6.61. The van der Waals surface area contributed by atoms with E-state index in [-0.39, 0.29) is 11.4 Å². The van der Waals surface area contributed by atoms with Gasteiger partial charge in [-0.15, -0.1) is 0 Å². The van der Waals surface area contributed by atoms with E-state index in [1.54, 1.807) is 7.05 Å². The number of alkyl halides is 2. The predicted octanol–water partition coefficient (Wildman–Crippen LogP) is 0.198. The van der Waals surface area contributed by atoms with Gasteiger partial charge in [0, 0.05) is 7.05 Å². The van der Waals surface area contributed by atoms with Crippen LogP contribution in [-0.2, 0) is 7.05 Å². The van der Waals surface area contributed by atoms with Crippen LogP contribution in [0, 0.1) is 0 Å². The van der Waals surface area contributed by atoms with Crippen LogP contribution in [0.5, 0.6) is 5.75 Å². The van der Waals surface area contributed by atoms with E-state index < -0.39 is 12.5 Å². The predicted molar refractivity (Wildman–Crippen MR) is 45.8 cm³/mol. The zero-order valence-corrected chi connectivity index (χ0v) is 7.87. The van der Waals surface area contributed by atoms with Crippen LogP contribution in [0.25, 0.3) is 0 Å². The van der Waals surface area contributed by atoms with Crippen LogP contribution in [0.15, 0.2) is 6.20 Å². The Hall–Kier alpha value is -1.21. The summed E-state index contributed by atoms with van der Waals surface area (Å²) in [6.07, 6.45) is -1.26. The second-order valence-electron chi connectivity index (χ2n) is 2.70. The molecule has 3 N–H and O–H groups in total. The van der Waals surface area contributed by atoms with Gasteiger partial charge in [-0.3, -0.25) is 10.5 Å². The summed E-state index contributed by atoms with van der Waals surface area (Å²) in [7, 11) is 2.93. The summed E-state index contributed by atoms with van der Waals surface area (Å²) in [4.78, 5) is 0. The maximum absolute atomic E-state index is 12.5. The number of aryl methyl sites for hydroxylation is 1. The van der Waals surface area contributed by atoms with Gasteiger partial charge in [0.05, 0.1) is 13.3 Å². The van der Waals surface area contributed by atoms with Gasteiger partial charge < -0.3 is 4.74 Å². The molecule has 14 heavy (non-hydrogen) atoms. The Morgan fingerprint density at radius 1 is 1.64 bits per heavy atom. The molecule has 0 radical (unpaired) electrons. The second kappa shape index (κ2) is 4.34. The SMILES string of the molecule is COc1cnn(C)c1C(NN)C(F)F. The fourth-order valence-electron chi connectivity index (χ4n) is 1.21. The van der Waals surface area contributed by atoms with E-state index >= 15 is 0 Å². The molecule has 1 heterocycles. The molecule has 0 aromatic carbocycles. The first kappa shape index (κ1) is 10.9. The molecule has 1 aromatic rings. The molecule has 1 unspecified atom stereocenters. The fourth-order valence-corrected chi connectivity index (χ4v) is 1.21. The van der Waals surface area contributed by atoms with Crippen molar-refractivity contribution in [2.24, 2.45) is 12.9 Å². The van der Waals surface area contributed by atoms with Gasteiger partial charge in [0.25, 0.3) is 6.43 Å². The van der Waals surface area contributed by atoms with Gasteiger partial charge in [0.1, 0.15) is 11.7 Å². The Kier molecular flexibility index (Phi) is 3.37. The highest BCUT2D eigenvalue weighted by atomic mass is 19.3. The average Bonchev–Trinajstić information content (AvgIpc) is 2.49. The third-order valence-corrected chi connectivity index (χ3v) is 1.90. The number of nitrogens with zero attached hydrogens (tertiary/aromatic N) is 2. The lowest BCUT2D eigenvalue weighted by atomic mass is 10.2. The first-order valence-electron chi connectivity index (χ1n) is 3.92. The third kappa shape index (κ3) is 1.83. The Morgan fingerprint density at radius 3 is 2.71 bits per heavy atom. The van der Waals surface area contributed by atoms with Crippen molar-refractivity contribution < 1.29 is 13.5 Å². The molecule has 5 nitrogen and oxygen atoms in total. The number of methoxy groups -OCH3 is 1. The van der Waals surface area contributed by atoms with Crippen molar-refractivity contribution in [1.29, 1.82) is 0 Å². The highest BCUT2D eigenvalue weighted by Gasteiger charge is 2.27. The number of hydrogen-bond acceptors (Lipinski definition) is 4. The number of hydrazine groups is 1. The van der Waals surface area contributed by atoms with Crippen molar-refractivity contribution in [2.45, 2.75) is 12.5 Å². The van der Waals surface area contributed by atoms with Crippen molar-refractivity contribution in [3.8, 4) is 5.75 Å². The van der Waals surface area contributed by atoms with Crippen molar-refractivity contribution in [3.05, 3.63) is 11.9 Å². The van der Waals surface area contributed by atoms with E-state index in [4.69, 9.17) is 10.6 Å². The van der Waals surface area contributed by atoms with Crippen LogP contribution >= 0.6 is 0 Å². The van der Waals surface area contributed by atoms with Gasteiger partial charge in [0.2, 0.25) is 0 Å². The Balaban J connectivity index is 3.07. The lowest BCUT2D eigenvalue weighted by Gasteiger charge is -2.16. The van der Waals surface area contributed by atoms with Crippen LogP contribution < -0.4 is 16.0 Å². The molecule has 1 rings (SSSR count). The van der Waals surface area contributed by atoms with Gasteiger partial charge in [-0.1, -0.05) is 0 Å². The van der Waals surface area contributed by atoms with Crippen molar-refractivity contribution >= 4 is 0 Å². The molecule has 0 aliphatic rings. The highest BCUT2D eigenvalue weighted by molar-refractivity contribution is 5.28. The maximum atomic E-state index is 12.5. The molecule has 1 aromatic heterocycles. The Morgan fingerprint density at radius 2 is 2.29 bits per heavy atom. The van der Waals surface area contributed by atoms with Gasteiger partial charge in [0.15, 0.2) is 5.75 Å². The number of rotatable bonds is 4. The second-order valence-corrected chi connectivity index (χ2v) is 2.70. The van der Waals surface area contributed by atoms with Crippen LogP contribution in [0.1, 0.15) is 11.7 Å². The number of hydrogen-bond donors (Lipinski definition) is 2. The van der Waals surface area contributed by atoms with Crippen LogP contribution in [0.2, 0.25) is 0 Å². The van der Waals surface area contributed by atoms with E-state index in [0.29, 0.717) is 0 Å². The minimum absolute atomic E-state index is 0.227. The van der Waals surface area contributed by atoms with Crippen LogP contribution in [0.4, 0.5) is 8.78 Å². The van der Waals surface area contributed by atoms with Gasteiger partial charge >= 0.3 is 0 Å². The van der Waals surface area contributed by atoms with E-state index in [0.717, 1.165) is 0 Å². The molecule has 1 atom stereocenters. The molecule has 7 heteroatoms. The first-order valence-corrected chi connectivity index (χ1v) is 3.92. The minimum atomic E-state index is -2.62. The van der Waals surface area contributed by atoms with Crippen molar-refractivity contribution in [3.63, 3.8) is 0 Å². The normalized spacial score (nSPS) is 13.3. The smallest absolute Gasteiger partial charge is 0.260 e. The van der Waals surface area contributed by atoms with Gasteiger partial charge in [-0.2, -0.15) is 5.10 Å². The molecule has 0 aliphatic carbocycles. The summed E-state index contributed by atoms with van der Waals surface area (Å²) in [6, 6.07) is -1.28. The van der Waals surface area contributed by atoms with Gasteiger partial charge in [-0.25, -0.2) is 14.2 Å². The minimum Gasteiger partial charge on any atom is -0.493 e. The summed E-state index contributed by atoms with van der Waals surface area (Å²) in [5.74, 6) is 5.32. The van der Waals surface area contributed by atoms with Crippen LogP contribution in [0.3, 0.4) is 0 Å². The number of nitrogens with two attached hydrogens (primary N) is 1. The summed E-state index contributed by atoms with van der Waals surface area (Å²) >= 11 is 0. The standard InChI is InChI=1S/C7H12F2N4O/c1-13-6(4(14-2)3-11-13)5(12-10)7(8)9/h3,5,7,12H,10H2,1-2H3. The summed E-state index contributed by atoms with van der Waals surface area (Å²) in [5, 5.41) is 3.80. The summed E-state index contributed by atoms with van der Waals surface area (Å²) in [6.45, 7) is 0. The molecule has 0 saturated heterocycles. The monoisotopic (exact) mass is 206 g/mol. The largest absolute Gasteiger partial charge is 0.493 e. The topological polar surface area (TPSA) is 65.1 Å². The summed E-state index contributed by atoms with van der Waals surface area (Å²) < 4.78 is 31.2. The molecule has 0 amide bonds. The van der Waals surface area contributed by atoms with Crippen LogP contribution in [-0.4, -0.2) is 23.3 Å². The van der Waals surface area contributed by atoms with Gasteiger partial charge in [-0.05, 0) is 0 Å². The molecule has 0 saturated carbocycles. The third-order valence-electron chi connectivity index (χ3n) is 1.90. The zero-order chi connectivity index (χ0) is 10.7. The lowest BCUT2D eigenvalue weighted by Crippen LogP contribution is -2.34.